The van der Waals surface area contributed by atoms with Crippen molar-refractivity contribution in [1.29, 1.82) is 0 Å². The molecule has 0 aliphatic rings. The number of hydrogen-bond donors (Lipinski definition) is 1. The maximum absolute atomic E-state index is 12.4. The molecule has 0 bridgehead atoms. The van der Waals surface area contributed by atoms with Crippen molar-refractivity contribution in [1.82, 2.24) is 4.98 Å². The minimum atomic E-state index is -3.47. The first-order chi connectivity index (χ1) is 8.88. The van der Waals surface area contributed by atoms with Crippen LogP contribution >= 0.6 is 0 Å². The Morgan fingerprint density at radius 1 is 1.16 bits per heavy atom. The fourth-order valence-corrected chi connectivity index (χ4v) is 3.36. The lowest BCUT2D eigenvalue weighted by Crippen LogP contribution is -2.09. The Bertz CT molecular complexity index is 709. The molecule has 1 heterocycles. The van der Waals surface area contributed by atoms with Gasteiger partial charge in [0.25, 0.3) is 0 Å². The number of nitrogens with two attached hydrogens (primary N) is 1. The molecule has 0 saturated carbocycles. The summed E-state index contributed by atoms with van der Waals surface area (Å²) in [5, 5.41) is 0. The molecular weight excluding hydrogens is 260 g/mol. The van der Waals surface area contributed by atoms with Crippen LogP contribution in [0.3, 0.4) is 0 Å². The molecular formula is C14H16N2O2S. The summed E-state index contributed by atoms with van der Waals surface area (Å²) in [7, 11) is -3.47. The van der Waals surface area contributed by atoms with Gasteiger partial charge in [-0.2, -0.15) is 0 Å². The number of aromatic nitrogens is 1. The second kappa shape index (κ2) is 5.01. The van der Waals surface area contributed by atoms with E-state index in [1.165, 1.54) is 0 Å². The molecule has 0 saturated heterocycles. The van der Waals surface area contributed by atoms with Crippen molar-refractivity contribution in [2.75, 3.05) is 5.73 Å². The molecule has 0 unspecified atom stereocenters. The van der Waals surface area contributed by atoms with E-state index in [0.29, 0.717) is 5.69 Å². The number of sulfone groups is 1. The second-order valence-corrected chi connectivity index (χ2v) is 6.53. The van der Waals surface area contributed by atoms with Crippen molar-refractivity contribution in [2.45, 2.75) is 24.5 Å². The zero-order chi connectivity index (χ0) is 14.0. The van der Waals surface area contributed by atoms with Crippen molar-refractivity contribution in [2.24, 2.45) is 0 Å². The van der Waals surface area contributed by atoms with E-state index in [1.807, 2.05) is 19.9 Å². The molecule has 0 spiro atoms. The number of nitrogens with zero attached hydrogens (tertiary/aromatic N) is 1. The average molecular weight is 276 g/mol. The summed E-state index contributed by atoms with van der Waals surface area (Å²) >= 11 is 0. The highest BCUT2D eigenvalue weighted by molar-refractivity contribution is 7.90. The Balaban J connectivity index is 2.40. The van der Waals surface area contributed by atoms with E-state index in [0.717, 1.165) is 11.3 Å². The van der Waals surface area contributed by atoms with Crippen LogP contribution in [0, 0.1) is 13.8 Å². The molecule has 0 atom stereocenters. The molecule has 100 valence electrons. The van der Waals surface area contributed by atoms with Crippen molar-refractivity contribution in [3.8, 4) is 0 Å². The Hall–Kier alpha value is -1.88. The average Bonchev–Trinajstić information content (AvgIpc) is 2.31. The topological polar surface area (TPSA) is 73.1 Å². The van der Waals surface area contributed by atoms with Gasteiger partial charge in [-0.15, -0.1) is 0 Å². The largest absolute Gasteiger partial charge is 0.398 e. The van der Waals surface area contributed by atoms with Crippen LogP contribution in [0.1, 0.15) is 17.0 Å². The van der Waals surface area contributed by atoms with E-state index >= 15 is 0 Å². The maximum Gasteiger partial charge on any atom is 0.186 e. The number of hydrogen-bond acceptors (Lipinski definition) is 4. The van der Waals surface area contributed by atoms with Gasteiger partial charge in [-0.3, -0.25) is 4.98 Å². The Labute approximate surface area is 113 Å². The molecule has 2 rings (SSSR count). The fourth-order valence-electron chi connectivity index (χ4n) is 1.86. The van der Waals surface area contributed by atoms with Gasteiger partial charge in [-0.25, -0.2) is 8.42 Å². The first kappa shape index (κ1) is 13.5. The first-order valence-corrected chi connectivity index (χ1v) is 7.55. The van der Waals surface area contributed by atoms with Gasteiger partial charge >= 0.3 is 0 Å². The van der Waals surface area contributed by atoms with Crippen molar-refractivity contribution in [3.63, 3.8) is 0 Å². The monoisotopic (exact) mass is 276 g/mol. The number of rotatable bonds is 3. The van der Waals surface area contributed by atoms with Gasteiger partial charge in [0.2, 0.25) is 0 Å². The van der Waals surface area contributed by atoms with E-state index < -0.39 is 9.84 Å². The summed E-state index contributed by atoms with van der Waals surface area (Å²) < 4.78 is 24.7. The van der Waals surface area contributed by atoms with Crippen LogP contribution in [-0.2, 0) is 15.6 Å². The molecule has 5 heteroatoms. The van der Waals surface area contributed by atoms with E-state index in [-0.39, 0.29) is 16.3 Å². The lowest BCUT2D eigenvalue weighted by atomic mass is 10.2. The molecule has 4 nitrogen and oxygen atoms in total. The van der Waals surface area contributed by atoms with Gasteiger partial charge in [0.15, 0.2) is 9.84 Å². The molecule has 19 heavy (non-hydrogen) atoms. The molecule has 0 radical (unpaired) electrons. The van der Waals surface area contributed by atoms with Crippen LogP contribution in [0.2, 0.25) is 0 Å². The lowest BCUT2D eigenvalue weighted by Gasteiger charge is -2.08. The van der Waals surface area contributed by atoms with Gasteiger partial charge in [-0.05, 0) is 43.7 Å². The number of aryl methyl sites for hydroxylation is 2. The highest BCUT2D eigenvalue weighted by atomic mass is 32.2. The number of benzene rings is 1. The molecule has 0 amide bonds. The van der Waals surface area contributed by atoms with Gasteiger partial charge in [-0.1, -0.05) is 12.1 Å². The summed E-state index contributed by atoms with van der Waals surface area (Å²) in [5.74, 6) is -0.137. The maximum atomic E-state index is 12.4. The van der Waals surface area contributed by atoms with E-state index in [2.05, 4.69) is 4.98 Å². The lowest BCUT2D eigenvalue weighted by molar-refractivity contribution is 0.595. The summed E-state index contributed by atoms with van der Waals surface area (Å²) in [5.41, 5.74) is 8.23. The van der Waals surface area contributed by atoms with Crippen molar-refractivity contribution >= 4 is 15.5 Å². The minimum absolute atomic E-state index is 0.137. The first-order valence-electron chi connectivity index (χ1n) is 5.90. The summed E-state index contributed by atoms with van der Waals surface area (Å²) in [6.45, 7) is 3.67. The third-order valence-electron chi connectivity index (χ3n) is 2.79. The summed E-state index contributed by atoms with van der Waals surface area (Å²) in [6, 6.07) is 10.3. The number of pyridine rings is 1. The standard InChI is InChI=1S/C14H16N2O2S/c1-10-6-7-13(15)14(8-10)19(17,18)9-12-5-3-4-11(2)16-12/h3-8H,9,15H2,1-2H3. The molecule has 0 aliphatic heterocycles. The SMILES string of the molecule is Cc1ccc(N)c(S(=O)(=O)Cc2cccc(C)n2)c1. The summed E-state index contributed by atoms with van der Waals surface area (Å²) in [6.07, 6.45) is 0. The van der Waals surface area contributed by atoms with Crippen molar-refractivity contribution in [3.05, 3.63) is 53.3 Å². The van der Waals surface area contributed by atoms with Crippen LogP contribution in [0.25, 0.3) is 0 Å². The van der Waals surface area contributed by atoms with Crippen LogP contribution in [-0.4, -0.2) is 13.4 Å². The second-order valence-electron chi connectivity index (χ2n) is 4.57. The molecule has 2 N–H and O–H groups in total. The Morgan fingerprint density at radius 3 is 2.58 bits per heavy atom. The van der Waals surface area contributed by atoms with Gasteiger partial charge in [0, 0.05) is 5.69 Å². The predicted octanol–water partition coefficient (Wildman–Crippen LogP) is 2.25. The summed E-state index contributed by atoms with van der Waals surface area (Å²) in [4.78, 5) is 4.39. The number of nitrogen functional groups attached to an aromatic ring is 1. The third-order valence-corrected chi connectivity index (χ3v) is 4.49. The number of anilines is 1. The van der Waals surface area contributed by atoms with E-state index in [9.17, 15) is 8.42 Å². The fraction of sp³-hybridized carbons (Fsp3) is 0.214. The van der Waals surface area contributed by atoms with Crippen LogP contribution in [0.5, 0.6) is 0 Å². The third kappa shape index (κ3) is 3.12. The van der Waals surface area contributed by atoms with Crippen LogP contribution in [0.4, 0.5) is 5.69 Å². The predicted molar refractivity (Wildman–Crippen MR) is 75.5 cm³/mol. The molecule has 0 aliphatic carbocycles. The van der Waals surface area contributed by atoms with Gasteiger partial charge < -0.3 is 5.73 Å². The van der Waals surface area contributed by atoms with E-state index in [1.54, 1.807) is 30.3 Å². The van der Waals surface area contributed by atoms with Crippen LogP contribution in [0.15, 0.2) is 41.3 Å². The van der Waals surface area contributed by atoms with E-state index in [4.69, 9.17) is 5.73 Å². The van der Waals surface area contributed by atoms with Crippen LogP contribution < -0.4 is 5.73 Å². The highest BCUT2D eigenvalue weighted by Gasteiger charge is 2.19. The quantitative estimate of drug-likeness (QED) is 0.873. The van der Waals surface area contributed by atoms with Gasteiger partial charge in [0.05, 0.1) is 22.0 Å². The highest BCUT2D eigenvalue weighted by Crippen LogP contribution is 2.23. The minimum Gasteiger partial charge on any atom is -0.398 e. The molecule has 2 aromatic rings. The Kier molecular flexibility index (Phi) is 3.57. The smallest absolute Gasteiger partial charge is 0.186 e. The normalized spacial score (nSPS) is 11.5. The van der Waals surface area contributed by atoms with Gasteiger partial charge in [0.1, 0.15) is 0 Å². The molecule has 0 fully saturated rings. The zero-order valence-corrected chi connectivity index (χ0v) is 11.7. The Morgan fingerprint density at radius 2 is 1.89 bits per heavy atom. The molecule has 1 aromatic heterocycles. The molecule has 1 aromatic carbocycles. The zero-order valence-electron chi connectivity index (χ0n) is 10.9. The van der Waals surface area contributed by atoms with Crippen molar-refractivity contribution < 1.29 is 8.42 Å².